The van der Waals surface area contributed by atoms with Gasteiger partial charge in [-0.2, -0.15) is 0 Å². The highest BCUT2D eigenvalue weighted by molar-refractivity contribution is 6.30. The SMILES string of the molecule is CCC(c1cccc(Cl)c1)C(Cl)C(C)C. The molecule has 2 unspecified atom stereocenters. The second-order valence-corrected chi connectivity index (χ2v) is 5.20. The Morgan fingerprint density at radius 3 is 2.40 bits per heavy atom. The smallest absolute Gasteiger partial charge is 0.0427 e. The van der Waals surface area contributed by atoms with Crippen LogP contribution >= 0.6 is 23.2 Å². The summed E-state index contributed by atoms with van der Waals surface area (Å²) in [5, 5.41) is 0.965. The third-order valence-corrected chi connectivity index (χ3v) is 3.78. The van der Waals surface area contributed by atoms with Gasteiger partial charge >= 0.3 is 0 Å². The molecule has 1 aromatic carbocycles. The highest BCUT2D eigenvalue weighted by Crippen LogP contribution is 2.32. The molecule has 0 aromatic heterocycles. The van der Waals surface area contributed by atoms with Crippen molar-refractivity contribution in [2.45, 2.75) is 38.5 Å². The fourth-order valence-electron chi connectivity index (χ4n) is 1.85. The van der Waals surface area contributed by atoms with Crippen LogP contribution in [0.3, 0.4) is 0 Å². The van der Waals surface area contributed by atoms with Crippen LogP contribution in [0.25, 0.3) is 0 Å². The molecule has 84 valence electrons. The van der Waals surface area contributed by atoms with E-state index in [0.717, 1.165) is 11.4 Å². The largest absolute Gasteiger partial charge is 0.122 e. The molecule has 0 bridgehead atoms. The first-order chi connectivity index (χ1) is 7.06. The normalized spacial score (nSPS) is 15.3. The standard InChI is InChI=1S/C13H18Cl2/c1-4-12(13(15)9(2)3)10-6-5-7-11(14)8-10/h5-9,12-13H,4H2,1-3H3. The fourth-order valence-corrected chi connectivity index (χ4v) is 2.37. The van der Waals surface area contributed by atoms with Crippen molar-refractivity contribution in [3.8, 4) is 0 Å². The first-order valence-electron chi connectivity index (χ1n) is 5.45. The summed E-state index contributed by atoms with van der Waals surface area (Å²) in [5.74, 6) is 0.876. The maximum atomic E-state index is 6.43. The molecule has 0 heterocycles. The summed E-state index contributed by atoms with van der Waals surface area (Å²) in [4.78, 5) is 0. The summed E-state index contributed by atoms with van der Waals surface area (Å²) in [6.07, 6.45) is 1.05. The molecule has 15 heavy (non-hydrogen) atoms. The van der Waals surface area contributed by atoms with Crippen LogP contribution in [-0.2, 0) is 0 Å². The summed E-state index contributed by atoms with van der Waals surface area (Å²) in [5.41, 5.74) is 1.25. The lowest BCUT2D eigenvalue weighted by atomic mass is 9.88. The van der Waals surface area contributed by atoms with Crippen molar-refractivity contribution in [1.82, 2.24) is 0 Å². The molecule has 0 nitrogen and oxygen atoms in total. The van der Waals surface area contributed by atoms with E-state index in [2.05, 4.69) is 26.8 Å². The van der Waals surface area contributed by atoms with Gasteiger partial charge in [-0.1, -0.05) is 44.5 Å². The predicted octanol–water partition coefficient (Wildman–Crippen LogP) is 5.10. The van der Waals surface area contributed by atoms with E-state index >= 15 is 0 Å². The van der Waals surface area contributed by atoms with E-state index in [-0.39, 0.29) is 5.38 Å². The van der Waals surface area contributed by atoms with Crippen molar-refractivity contribution in [3.63, 3.8) is 0 Å². The minimum atomic E-state index is 0.175. The van der Waals surface area contributed by atoms with E-state index in [1.807, 2.05) is 18.2 Å². The number of hydrogen-bond acceptors (Lipinski definition) is 0. The van der Waals surface area contributed by atoms with E-state index in [4.69, 9.17) is 23.2 Å². The second kappa shape index (κ2) is 5.77. The Hall–Kier alpha value is -0.200. The van der Waals surface area contributed by atoms with Crippen LogP contribution in [-0.4, -0.2) is 5.38 Å². The molecule has 0 saturated heterocycles. The monoisotopic (exact) mass is 244 g/mol. The number of rotatable bonds is 4. The molecule has 0 N–H and O–H groups in total. The predicted molar refractivity (Wildman–Crippen MR) is 69.0 cm³/mol. The van der Waals surface area contributed by atoms with Gasteiger partial charge in [0.2, 0.25) is 0 Å². The molecule has 1 aromatic rings. The van der Waals surface area contributed by atoms with Gasteiger partial charge in [0.1, 0.15) is 0 Å². The molecule has 0 aliphatic heterocycles. The molecule has 0 saturated carbocycles. The van der Waals surface area contributed by atoms with E-state index in [9.17, 15) is 0 Å². The van der Waals surface area contributed by atoms with Gasteiger partial charge in [0.15, 0.2) is 0 Å². The first-order valence-corrected chi connectivity index (χ1v) is 6.27. The van der Waals surface area contributed by atoms with Crippen molar-refractivity contribution in [2.75, 3.05) is 0 Å². The molecule has 2 heteroatoms. The molecular weight excluding hydrogens is 227 g/mol. The molecule has 0 aliphatic carbocycles. The van der Waals surface area contributed by atoms with Crippen LogP contribution in [0.1, 0.15) is 38.7 Å². The van der Waals surface area contributed by atoms with Gasteiger partial charge in [-0.05, 0) is 30.0 Å². The highest BCUT2D eigenvalue weighted by atomic mass is 35.5. The number of halogens is 2. The highest BCUT2D eigenvalue weighted by Gasteiger charge is 2.22. The summed E-state index contributed by atoms with van der Waals surface area (Å²) in [6.45, 7) is 6.49. The van der Waals surface area contributed by atoms with Gasteiger partial charge in [-0.25, -0.2) is 0 Å². The molecular formula is C13H18Cl2. The number of alkyl halides is 1. The van der Waals surface area contributed by atoms with Crippen LogP contribution < -0.4 is 0 Å². The Balaban J connectivity index is 2.92. The Morgan fingerprint density at radius 2 is 1.93 bits per heavy atom. The van der Waals surface area contributed by atoms with Crippen molar-refractivity contribution >= 4 is 23.2 Å². The van der Waals surface area contributed by atoms with Gasteiger partial charge in [0, 0.05) is 16.3 Å². The van der Waals surface area contributed by atoms with Crippen LogP contribution in [0.2, 0.25) is 5.02 Å². The first kappa shape index (κ1) is 12.9. The van der Waals surface area contributed by atoms with Gasteiger partial charge in [0.25, 0.3) is 0 Å². The third kappa shape index (κ3) is 3.39. The topological polar surface area (TPSA) is 0 Å². The van der Waals surface area contributed by atoms with E-state index < -0.39 is 0 Å². The summed E-state index contributed by atoms with van der Waals surface area (Å²) < 4.78 is 0. The third-order valence-electron chi connectivity index (χ3n) is 2.74. The Labute approximate surface area is 103 Å². The molecule has 0 amide bonds. The van der Waals surface area contributed by atoms with Crippen LogP contribution in [0.5, 0.6) is 0 Å². The molecule has 0 spiro atoms. The number of hydrogen-bond donors (Lipinski definition) is 0. The molecule has 1 rings (SSSR count). The van der Waals surface area contributed by atoms with Crippen LogP contribution in [0.15, 0.2) is 24.3 Å². The summed E-state index contributed by atoms with van der Waals surface area (Å²) >= 11 is 12.4. The zero-order valence-electron chi connectivity index (χ0n) is 9.50. The molecule has 0 fully saturated rings. The van der Waals surface area contributed by atoms with Gasteiger partial charge in [-0.15, -0.1) is 11.6 Å². The molecule has 0 radical (unpaired) electrons. The summed E-state index contributed by atoms with van der Waals surface area (Å²) in [7, 11) is 0. The zero-order chi connectivity index (χ0) is 11.4. The van der Waals surface area contributed by atoms with E-state index in [1.165, 1.54) is 5.56 Å². The average Bonchev–Trinajstić information content (AvgIpc) is 2.18. The Kier molecular flexibility index (Phi) is 4.95. The van der Waals surface area contributed by atoms with Crippen molar-refractivity contribution in [1.29, 1.82) is 0 Å². The molecule has 2 atom stereocenters. The van der Waals surface area contributed by atoms with Crippen molar-refractivity contribution in [3.05, 3.63) is 34.9 Å². The van der Waals surface area contributed by atoms with Crippen LogP contribution in [0.4, 0.5) is 0 Å². The Bertz CT molecular complexity index is 307. The Morgan fingerprint density at radius 1 is 1.27 bits per heavy atom. The van der Waals surface area contributed by atoms with Gasteiger partial charge in [-0.3, -0.25) is 0 Å². The van der Waals surface area contributed by atoms with E-state index in [0.29, 0.717) is 11.8 Å². The van der Waals surface area contributed by atoms with E-state index in [1.54, 1.807) is 0 Å². The number of benzene rings is 1. The fraction of sp³-hybridized carbons (Fsp3) is 0.538. The quantitative estimate of drug-likeness (QED) is 0.647. The minimum absolute atomic E-state index is 0.175. The zero-order valence-corrected chi connectivity index (χ0v) is 11.0. The minimum Gasteiger partial charge on any atom is -0.122 e. The maximum absolute atomic E-state index is 6.43. The lowest BCUT2D eigenvalue weighted by molar-refractivity contribution is 0.499. The molecule has 0 aliphatic rings. The maximum Gasteiger partial charge on any atom is 0.0427 e. The van der Waals surface area contributed by atoms with Crippen molar-refractivity contribution < 1.29 is 0 Å². The average molecular weight is 245 g/mol. The van der Waals surface area contributed by atoms with Crippen molar-refractivity contribution in [2.24, 2.45) is 5.92 Å². The van der Waals surface area contributed by atoms with Gasteiger partial charge < -0.3 is 0 Å². The summed E-state index contributed by atoms with van der Waals surface area (Å²) in [6, 6.07) is 8.02. The van der Waals surface area contributed by atoms with Crippen LogP contribution in [0, 0.1) is 5.92 Å². The van der Waals surface area contributed by atoms with Gasteiger partial charge in [0.05, 0.1) is 0 Å². The lowest BCUT2D eigenvalue weighted by Crippen LogP contribution is -2.18. The lowest BCUT2D eigenvalue weighted by Gasteiger charge is -2.24. The second-order valence-electron chi connectivity index (χ2n) is 4.26.